The van der Waals surface area contributed by atoms with Gasteiger partial charge in [0.25, 0.3) is 0 Å². The molecule has 0 aromatic carbocycles. The van der Waals surface area contributed by atoms with Crippen LogP contribution in [0, 0.1) is 13.8 Å². The molecular weight excluding hydrogens is 298 g/mol. The molecule has 2 N–H and O–H groups in total. The second kappa shape index (κ2) is 5.38. The highest BCUT2D eigenvalue weighted by atomic mass is 32.2. The van der Waals surface area contributed by atoms with Crippen LogP contribution in [0.1, 0.15) is 40.8 Å². The van der Waals surface area contributed by atoms with Gasteiger partial charge in [0.2, 0.25) is 15.8 Å². The zero-order valence-electron chi connectivity index (χ0n) is 11.7. The second-order valence-corrected chi connectivity index (χ2v) is 6.31. The van der Waals surface area contributed by atoms with E-state index in [1.165, 1.54) is 6.92 Å². The molecule has 1 atom stereocenters. The molecule has 0 bridgehead atoms. The van der Waals surface area contributed by atoms with E-state index >= 15 is 0 Å². The Hall–Kier alpha value is -2.06. The third-order valence-electron chi connectivity index (χ3n) is 2.89. The fraction of sp³-hybridized carbons (Fsp3) is 0.308. The van der Waals surface area contributed by atoms with E-state index in [0.717, 1.165) is 6.07 Å². The number of rotatable bonds is 5. The molecular formula is C13H15NO6S. The normalized spacial score (nSPS) is 13.3. The zero-order chi connectivity index (χ0) is 15.8. The largest absolute Gasteiger partial charge is 0.475 e. The SMILES string of the molecule is Cc1ccc(C(C)NS(=O)(=O)c2cc(C(=O)O)oc2C)o1. The summed E-state index contributed by atoms with van der Waals surface area (Å²) in [5, 5.41) is 8.83. The summed E-state index contributed by atoms with van der Waals surface area (Å²) in [4.78, 5) is 10.6. The Morgan fingerprint density at radius 2 is 1.95 bits per heavy atom. The Bertz CT molecular complexity index is 770. The molecule has 21 heavy (non-hydrogen) atoms. The third-order valence-corrected chi connectivity index (χ3v) is 4.54. The number of carboxylic acids is 1. The maximum absolute atomic E-state index is 12.3. The molecule has 2 aromatic rings. The quantitative estimate of drug-likeness (QED) is 0.876. The Labute approximate surface area is 121 Å². The van der Waals surface area contributed by atoms with Crippen molar-refractivity contribution in [2.75, 3.05) is 0 Å². The molecule has 8 heteroatoms. The van der Waals surface area contributed by atoms with Crippen LogP contribution in [0.15, 0.2) is 31.9 Å². The van der Waals surface area contributed by atoms with Gasteiger partial charge in [-0.25, -0.2) is 17.9 Å². The van der Waals surface area contributed by atoms with Gasteiger partial charge >= 0.3 is 5.97 Å². The van der Waals surface area contributed by atoms with Crippen LogP contribution in [0.3, 0.4) is 0 Å². The lowest BCUT2D eigenvalue weighted by Crippen LogP contribution is -2.26. The van der Waals surface area contributed by atoms with Crippen LogP contribution >= 0.6 is 0 Å². The first-order chi connectivity index (χ1) is 9.70. The van der Waals surface area contributed by atoms with Crippen molar-refractivity contribution < 1.29 is 27.2 Å². The highest BCUT2D eigenvalue weighted by Gasteiger charge is 2.26. The lowest BCUT2D eigenvalue weighted by molar-refractivity contribution is 0.0661. The predicted octanol–water partition coefficient (Wildman–Crippen LogP) is 2.23. The molecule has 0 aliphatic carbocycles. The number of aryl methyl sites for hydroxylation is 2. The van der Waals surface area contributed by atoms with E-state index < -0.39 is 27.8 Å². The van der Waals surface area contributed by atoms with Crippen molar-refractivity contribution in [3.05, 3.63) is 41.2 Å². The topological polar surface area (TPSA) is 110 Å². The summed E-state index contributed by atoms with van der Waals surface area (Å²) in [7, 11) is -3.91. The summed E-state index contributed by atoms with van der Waals surface area (Å²) < 4.78 is 37.2. The van der Waals surface area contributed by atoms with Crippen LogP contribution in [0.4, 0.5) is 0 Å². The molecule has 2 heterocycles. The molecule has 0 aliphatic rings. The van der Waals surface area contributed by atoms with Gasteiger partial charge in [0.15, 0.2) is 0 Å². The fourth-order valence-electron chi connectivity index (χ4n) is 1.88. The van der Waals surface area contributed by atoms with Gasteiger partial charge in [-0.1, -0.05) is 0 Å². The summed E-state index contributed by atoms with van der Waals surface area (Å²) in [6.45, 7) is 4.77. The molecule has 0 saturated carbocycles. The molecule has 0 aliphatic heterocycles. The molecule has 2 rings (SSSR count). The van der Waals surface area contributed by atoms with Crippen LogP contribution in [-0.2, 0) is 10.0 Å². The van der Waals surface area contributed by atoms with Gasteiger partial charge in [0, 0.05) is 6.07 Å². The summed E-state index contributed by atoms with van der Waals surface area (Å²) in [5.41, 5.74) is 0. The number of hydrogen-bond donors (Lipinski definition) is 2. The minimum atomic E-state index is -3.91. The van der Waals surface area contributed by atoms with Gasteiger partial charge in [0.05, 0.1) is 6.04 Å². The summed E-state index contributed by atoms with van der Waals surface area (Å²) in [5.74, 6) is -0.592. The van der Waals surface area contributed by atoms with Crippen molar-refractivity contribution in [2.24, 2.45) is 0 Å². The Kier molecular flexibility index (Phi) is 3.93. The standard InChI is InChI=1S/C13H15NO6S/c1-7-4-5-10(19-7)8(2)14-21(17,18)12-6-11(13(15)16)20-9(12)3/h4-6,8,14H,1-3H3,(H,15,16). The smallest absolute Gasteiger partial charge is 0.371 e. The maximum Gasteiger partial charge on any atom is 0.371 e. The highest BCUT2D eigenvalue weighted by Crippen LogP contribution is 2.23. The number of carboxylic acid groups (broad SMARTS) is 1. The van der Waals surface area contributed by atoms with Gasteiger partial charge in [-0.05, 0) is 32.9 Å². The Morgan fingerprint density at radius 3 is 2.43 bits per heavy atom. The van der Waals surface area contributed by atoms with Crippen molar-refractivity contribution in [1.29, 1.82) is 0 Å². The Morgan fingerprint density at radius 1 is 1.29 bits per heavy atom. The second-order valence-electron chi connectivity index (χ2n) is 4.63. The fourth-order valence-corrected chi connectivity index (χ4v) is 3.27. The summed E-state index contributed by atoms with van der Waals surface area (Å²) in [6, 6.07) is 3.80. The van der Waals surface area contributed by atoms with Crippen molar-refractivity contribution >= 4 is 16.0 Å². The minimum absolute atomic E-state index is 0.0164. The number of carbonyl (C=O) groups is 1. The first-order valence-corrected chi connectivity index (χ1v) is 7.61. The zero-order valence-corrected chi connectivity index (χ0v) is 12.5. The molecule has 0 amide bonds. The molecule has 114 valence electrons. The van der Waals surface area contributed by atoms with Crippen molar-refractivity contribution in [3.8, 4) is 0 Å². The van der Waals surface area contributed by atoms with Crippen molar-refractivity contribution in [1.82, 2.24) is 4.72 Å². The molecule has 1 unspecified atom stereocenters. The van der Waals surface area contributed by atoms with Crippen LogP contribution in [-0.4, -0.2) is 19.5 Å². The van der Waals surface area contributed by atoms with Crippen LogP contribution in [0.2, 0.25) is 0 Å². The average molecular weight is 313 g/mol. The lowest BCUT2D eigenvalue weighted by Gasteiger charge is -2.11. The maximum atomic E-state index is 12.3. The molecule has 7 nitrogen and oxygen atoms in total. The van der Waals surface area contributed by atoms with E-state index in [1.54, 1.807) is 26.0 Å². The summed E-state index contributed by atoms with van der Waals surface area (Å²) >= 11 is 0. The van der Waals surface area contributed by atoms with E-state index in [2.05, 4.69) is 4.72 Å². The van der Waals surface area contributed by atoms with Crippen LogP contribution < -0.4 is 4.72 Å². The van der Waals surface area contributed by atoms with E-state index in [9.17, 15) is 13.2 Å². The monoisotopic (exact) mass is 313 g/mol. The van der Waals surface area contributed by atoms with E-state index in [4.69, 9.17) is 13.9 Å². The van der Waals surface area contributed by atoms with E-state index in [1.807, 2.05) is 0 Å². The summed E-state index contributed by atoms with van der Waals surface area (Å²) in [6.07, 6.45) is 0. The average Bonchev–Trinajstić information content (AvgIpc) is 2.95. The molecule has 2 aromatic heterocycles. The van der Waals surface area contributed by atoms with Gasteiger partial charge in [-0.15, -0.1) is 0 Å². The van der Waals surface area contributed by atoms with Gasteiger partial charge < -0.3 is 13.9 Å². The molecule has 0 fully saturated rings. The molecule has 0 saturated heterocycles. The van der Waals surface area contributed by atoms with E-state index in [-0.39, 0.29) is 10.7 Å². The molecule has 0 radical (unpaired) electrons. The van der Waals surface area contributed by atoms with Gasteiger partial charge in [0.1, 0.15) is 22.2 Å². The number of nitrogens with one attached hydrogen (secondary N) is 1. The van der Waals surface area contributed by atoms with E-state index in [0.29, 0.717) is 11.5 Å². The molecule has 0 spiro atoms. The number of hydrogen-bond acceptors (Lipinski definition) is 5. The number of furan rings is 2. The number of sulfonamides is 1. The lowest BCUT2D eigenvalue weighted by atomic mass is 10.3. The first-order valence-electron chi connectivity index (χ1n) is 6.13. The van der Waals surface area contributed by atoms with Gasteiger partial charge in [-0.2, -0.15) is 0 Å². The number of aromatic carboxylic acids is 1. The van der Waals surface area contributed by atoms with Crippen molar-refractivity contribution in [2.45, 2.75) is 31.7 Å². The minimum Gasteiger partial charge on any atom is -0.475 e. The van der Waals surface area contributed by atoms with Gasteiger partial charge in [-0.3, -0.25) is 0 Å². The van der Waals surface area contributed by atoms with Crippen molar-refractivity contribution in [3.63, 3.8) is 0 Å². The van der Waals surface area contributed by atoms with Crippen LogP contribution in [0.5, 0.6) is 0 Å². The highest BCUT2D eigenvalue weighted by molar-refractivity contribution is 7.89. The van der Waals surface area contributed by atoms with Crippen LogP contribution in [0.25, 0.3) is 0 Å². The Balaban J connectivity index is 2.28. The first kappa shape index (κ1) is 15.3. The third kappa shape index (κ3) is 3.17. The predicted molar refractivity (Wildman–Crippen MR) is 72.6 cm³/mol.